The molecule has 1 aromatic rings. The Balaban J connectivity index is 1.95. The smallest absolute Gasteiger partial charge is 0.243 e. The molecule has 0 unspecified atom stereocenters. The van der Waals surface area contributed by atoms with Crippen molar-refractivity contribution in [2.24, 2.45) is 0 Å². The highest BCUT2D eigenvalue weighted by Crippen LogP contribution is 2.26. The molecule has 1 aromatic carbocycles. The number of piperazine rings is 1. The Morgan fingerprint density at radius 1 is 1.26 bits per heavy atom. The molecule has 0 spiro atoms. The summed E-state index contributed by atoms with van der Waals surface area (Å²) in [4.78, 5) is 12.3. The number of benzene rings is 1. The van der Waals surface area contributed by atoms with E-state index in [1.807, 2.05) is 0 Å². The lowest BCUT2D eigenvalue weighted by Crippen LogP contribution is -3.15. The lowest BCUT2D eigenvalue weighted by Gasteiger charge is -2.31. The molecule has 1 saturated heterocycles. The van der Waals surface area contributed by atoms with Crippen molar-refractivity contribution < 1.29 is 18.1 Å². The van der Waals surface area contributed by atoms with Crippen molar-refractivity contribution in [3.8, 4) is 0 Å². The summed E-state index contributed by atoms with van der Waals surface area (Å²) in [5.41, 5.74) is 0. The van der Waals surface area contributed by atoms with Crippen LogP contribution in [0.2, 0.25) is 10.0 Å². The summed E-state index contributed by atoms with van der Waals surface area (Å²) in [6.45, 7) is 5.18. The molecule has 23 heavy (non-hydrogen) atoms. The van der Waals surface area contributed by atoms with Crippen molar-refractivity contribution in [1.82, 2.24) is 9.62 Å². The molecule has 9 heteroatoms. The number of hydrogen-bond donors (Lipinski definition) is 2. The average molecular weight is 381 g/mol. The van der Waals surface area contributed by atoms with Gasteiger partial charge in [-0.3, -0.25) is 4.79 Å². The summed E-state index contributed by atoms with van der Waals surface area (Å²) in [6.07, 6.45) is 0. The van der Waals surface area contributed by atoms with Crippen LogP contribution in [0.5, 0.6) is 0 Å². The minimum atomic E-state index is -3.55. The van der Waals surface area contributed by atoms with E-state index >= 15 is 0 Å². The minimum Gasteiger partial charge on any atom is -0.351 e. The van der Waals surface area contributed by atoms with Crippen molar-refractivity contribution >= 4 is 39.1 Å². The molecule has 1 heterocycles. The third-order valence-electron chi connectivity index (χ3n) is 3.81. The second-order valence-corrected chi connectivity index (χ2v) is 8.22. The molecule has 2 rings (SSSR count). The van der Waals surface area contributed by atoms with Crippen LogP contribution in [0.25, 0.3) is 0 Å². The van der Waals surface area contributed by atoms with Crippen LogP contribution in [0.1, 0.15) is 6.92 Å². The molecular formula is C14H20Cl2N3O3S+. The van der Waals surface area contributed by atoms with Crippen LogP contribution < -0.4 is 10.2 Å². The molecule has 128 valence electrons. The molecule has 0 aromatic heterocycles. The summed E-state index contributed by atoms with van der Waals surface area (Å²) < 4.78 is 26.7. The maximum absolute atomic E-state index is 12.6. The monoisotopic (exact) mass is 380 g/mol. The van der Waals surface area contributed by atoms with Crippen molar-refractivity contribution in [1.29, 1.82) is 0 Å². The zero-order chi connectivity index (χ0) is 17.0. The number of carbonyl (C=O) groups excluding carboxylic acids is 1. The van der Waals surface area contributed by atoms with Gasteiger partial charge in [-0.1, -0.05) is 23.2 Å². The molecule has 0 atom stereocenters. The molecule has 0 aliphatic carbocycles. The van der Waals surface area contributed by atoms with E-state index in [2.05, 4.69) is 5.32 Å². The first-order valence-electron chi connectivity index (χ1n) is 7.34. The van der Waals surface area contributed by atoms with Crippen LogP contribution in [0.3, 0.4) is 0 Å². The molecule has 0 saturated carbocycles. The maximum Gasteiger partial charge on any atom is 0.243 e. The first kappa shape index (κ1) is 18.5. The fourth-order valence-corrected chi connectivity index (χ4v) is 4.33. The van der Waals surface area contributed by atoms with Crippen molar-refractivity contribution in [2.45, 2.75) is 11.8 Å². The number of halogens is 2. The average Bonchev–Trinajstić information content (AvgIpc) is 2.50. The molecule has 1 amide bonds. The fourth-order valence-electron chi connectivity index (χ4n) is 2.49. The topological polar surface area (TPSA) is 70.9 Å². The van der Waals surface area contributed by atoms with E-state index < -0.39 is 10.0 Å². The fraction of sp³-hybridized carbons (Fsp3) is 0.500. The van der Waals surface area contributed by atoms with Gasteiger partial charge in [0, 0.05) is 6.92 Å². The highest BCUT2D eigenvalue weighted by molar-refractivity contribution is 7.89. The Morgan fingerprint density at radius 2 is 1.91 bits per heavy atom. The molecule has 6 nitrogen and oxygen atoms in total. The van der Waals surface area contributed by atoms with Crippen molar-refractivity contribution in [2.75, 3.05) is 39.3 Å². The molecule has 0 bridgehead atoms. The predicted octanol–water partition coefficient (Wildman–Crippen LogP) is 0.0187. The normalized spacial score (nSPS) is 17.2. The van der Waals surface area contributed by atoms with Crippen LogP contribution in [-0.4, -0.2) is 57.9 Å². The Hall–Kier alpha value is -0.860. The van der Waals surface area contributed by atoms with Crippen LogP contribution in [0.4, 0.5) is 0 Å². The maximum atomic E-state index is 12.6. The van der Waals surface area contributed by atoms with Crippen LogP contribution in [0, 0.1) is 0 Å². The number of hydrogen-bond acceptors (Lipinski definition) is 3. The number of quaternary nitrogens is 1. The summed E-state index contributed by atoms with van der Waals surface area (Å²) in [5.74, 6) is -0.0507. The van der Waals surface area contributed by atoms with Crippen molar-refractivity contribution in [3.05, 3.63) is 28.2 Å². The van der Waals surface area contributed by atoms with Gasteiger partial charge in [-0.25, -0.2) is 8.42 Å². The Kier molecular flexibility index (Phi) is 6.27. The first-order chi connectivity index (χ1) is 10.8. The highest BCUT2D eigenvalue weighted by atomic mass is 35.5. The van der Waals surface area contributed by atoms with E-state index in [4.69, 9.17) is 23.2 Å². The van der Waals surface area contributed by atoms with E-state index in [1.165, 1.54) is 34.3 Å². The third-order valence-corrected chi connectivity index (χ3v) is 6.44. The molecule has 1 fully saturated rings. The minimum absolute atomic E-state index is 0.0507. The van der Waals surface area contributed by atoms with Crippen LogP contribution in [0.15, 0.2) is 23.1 Å². The standard InChI is InChI=1S/C14H19Cl2N3O3S/c1-11(20)17-4-5-18-6-8-19(9-7-18)23(21,22)12-2-3-13(15)14(16)10-12/h2-3,10H,4-9H2,1H3,(H,17,20)/p+1. The van der Waals surface area contributed by atoms with E-state index in [0.717, 1.165) is 6.54 Å². The number of carbonyl (C=O) groups is 1. The lowest BCUT2D eigenvalue weighted by molar-refractivity contribution is -0.902. The van der Waals surface area contributed by atoms with Gasteiger partial charge in [0.25, 0.3) is 0 Å². The summed E-state index contributed by atoms with van der Waals surface area (Å²) >= 11 is 11.7. The number of rotatable bonds is 5. The number of nitrogens with zero attached hydrogens (tertiary/aromatic N) is 1. The van der Waals surface area contributed by atoms with Gasteiger partial charge in [0.15, 0.2) is 0 Å². The molecule has 2 N–H and O–H groups in total. The number of nitrogens with one attached hydrogen (secondary N) is 2. The Bertz CT molecular complexity index is 674. The Morgan fingerprint density at radius 3 is 2.48 bits per heavy atom. The van der Waals surface area contributed by atoms with Gasteiger partial charge in [-0.15, -0.1) is 0 Å². The second kappa shape index (κ2) is 7.81. The van der Waals surface area contributed by atoms with Gasteiger partial charge in [-0.2, -0.15) is 4.31 Å². The van der Waals surface area contributed by atoms with E-state index in [9.17, 15) is 13.2 Å². The largest absolute Gasteiger partial charge is 0.351 e. The zero-order valence-electron chi connectivity index (χ0n) is 12.8. The Labute approximate surface area is 146 Å². The SMILES string of the molecule is CC(=O)NCC[NH+]1CCN(S(=O)(=O)c2ccc(Cl)c(Cl)c2)CC1. The number of amides is 1. The summed E-state index contributed by atoms with van der Waals surface area (Å²) in [6, 6.07) is 4.35. The second-order valence-electron chi connectivity index (χ2n) is 5.46. The van der Waals surface area contributed by atoms with Gasteiger partial charge in [0.05, 0.1) is 54.2 Å². The highest BCUT2D eigenvalue weighted by Gasteiger charge is 2.30. The van der Waals surface area contributed by atoms with Gasteiger partial charge in [-0.05, 0) is 18.2 Å². The molecule has 0 radical (unpaired) electrons. The van der Waals surface area contributed by atoms with Crippen molar-refractivity contribution in [3.63, 3.8) is 0 Å². The zero-order valence-corrected chi connectivity index (χ0v) is 15.1. The van der Waals surface area contributed by atoms with E-state index in [1.54, 1.807) is 0 Å². The predicted molar refractivity (Wildman–Crippen MR) is 89.5 cm³/mol. The van der Waals surface area contributed by atoms with E-state index in [-0.39, 0.29) is 15.8 Å². The number of sulfonamides is 1. The van der Waals surface area contributed by atoms with Gasteiger partial charge < -0.3 is 10.2 Å². The summed E-state index contributed by atoms with van der Waals surface area (Å²) in [7, 11) is -3.55. The third kappa shape index (κ3) is 4.81. The van der Waals surface area contributed by atoms with Gasteiger partial charge in [0.2, 0.25) is 15.9 Å². The molecule has 1 aliphatic heterocycles. The van der Waals surface area contributed by atoms with Gasteiger partial charge >= 0.3 is 0 Å². The summed E-state index contributed by atoms with van der Waals surface area (Å²) in [5, 5.41) is 3.31. The van der Waals surface area contributed by atoms with E-state index in [0.29, 0.717) is 37.7 Å². The van der Waals surface area contributed by atoms with Gasteiger partial charge in [0.1, 0.15) is 0 Å². The first-order valence-corrected chi connectivity index (χ1v) is 9.53. The molecule has 1 aliphatic rings. The van der Waals surface area contributed by atoms with Crippen LogP contribution in [-0.2, 0) is 14.8 Å². The lowest BCUT2D eigenvalue weighted by atomic mass is 10.3. The van der Waals surface area contributed by atoms with Crippen LogP contribution >= 0.6 is 23.2 Å². The quantitative estimate of drug-likeness (QED) is 0.756. The molecular weight excluding hydrogens is 361 g/mol.